The first kappa shape index (κ1) is 12.8. The first-order valence-electron chi connectivity index (χ1n) is 6.88. The average Bonchev–Trinajstić information content (AvgIpc) is 2.76. The Labute approximate surface area is 117 Å². The van der Waals surface area contributed by atoms with Crippen LogP contribution in [0.15, 0.2) is 18.3 Å². The fraction of sp³-hybridized carbons (Fsp3) is 0.400. The van der Waals surface area contributed by atoms with Gasteiger partial charge in [0.2, 0.25) is 0 Å². The second-order valence-corrected chi connectivity index (χ2v) is 5.19. The molecule has 2 aromatic heterocycles. The van der Waals surface area contributed by atoms with Gasteiger partial charge in [0.1, 0.15) is 5.82 Å². The first-order chi connectivity index (χ1) is 9.65. The van der Waals surface area contributed by atoms with Gasteiger partial charge in [-0.3, -0.25) is 4.98 Å². The van der Waals surface area contributed by atoms with Crippen LogP contribution in [0, 0.1) is 6.92 Å². The molecule has 1 aliphatic carbocycles. The summed E-state index contributed by atoms with van der Waals surface area (Å²) in [6.07, 6.45) is 5.98. The van der Waals surface area contributed by atoms with E-state index >= 15 is 0 Å². The van der Waals surface area contributed by atoms with Gasteiger partial charge in [0.15, 0.2) is 0 Å². The van der Waals surface area contributed by atoms with Crippen LogP contribution in [-0.2, 0) is 19.4 Å². The molecule has 1 aliphatic rings. The zero-order valence-electron chi connectivity index (χ0n) is 11.5. The van der Waals surface area contributed by atoms with Crippen molar-refractivity contribution in [1.29, 1.82) is 0 Å². The number of aromatic carboxylic acids is 1. The SMILES string of the molecule is Cc1nc2c(n1Cc1ccc(C(=O)O)cn1)CCCC2. The predicted molar refractivity (Wildman–Crippen MR) is 73.9 cm³/mol. The summed E-state index contributed by atoms with van der Waals surface area (Å²) in [5.41, 5.74) is 3.62. The minimum absolute atomic E-state index is 0.220. The van der Waals surface area contributed by atoms with Crippen LogP contribution in [0.1, 0.15) is 46.1 Å². The molecule has 0 bridgehead atoms. The summed E-state index contributed by atoms with van der Waals surface area (Å²) in [5, 5.41) is 8.88. The number of pyridine rings is 1. The Morgan fingerprint density at radius 1 is 1.35 bits per heavy atom. The molecule has 0 unspecified atom stereocenters. The molecule has 0 saturated heterocycles. The Kier molecular flexibility index (Phi) is 3.26. The Bertz CT molecular complexity index is 644. The maximum atomic E-state index is 10.8. The lowest BCUT2D eigenvalue weighted by Crippen LogP contribution is -2.11. The van der Waals surface area contributed by atoms with Gasteiger partial charge < -0.3 is 9.67 Å². The van der Waals surface area contributed by atoms with E-state index in [1.165, 1.54) is 30.4 Å². The standard InChI is InChI=1S/C15H17N3O2/c1-10-17-13-4-2-3-5-14(13)18(10)9-12-7-6-11(8-16-12)15(19)20/h6-8H,2-5,9H2,1H3,(H,19,20). The van der Waals surface area contributed by atoms with Crippen molar-refractivity contribution < 1.29 is 9.90 Å². The third-order valence-electron chi connectivity index (χ3n) is 3.82. The Balaban J connectivity index is 1.87. The van der Waals surface area contributed by atoms with Crippen molar-refractivity contribution >= 4 is 5.97 Å². The number of carboxylic acid groups (broad SMARTS) is 1. The van der Waals surface area contributed by atoms with Crippen molar-refractivity contribution in [3.63, 3.8) is 0 Å². The van der Waals surface area contributed by atoms with Gasteiger partial charge in [-0.2, -0.15) is 0 Å². The Morgan fingerprint density at radius 3 is 2.85 bits per heavy atom. The van der Waals surface area contributed by atoms with Crippen LogP contribution in [0.3, 0.4) is 0 Å². The predicted octanol–water partition coefficient (Wildman–Crippen LogP) is 2.21. The molecule has 0 aliphatic heterocycles. The van der Waals surface area contributed by atoms with Crippen molar-refractivity contribution in [1.82, 2.24) is 14.5 Å². The molecule has 20 heavy (non-hydrogen) atoms. The van der Waals surface area contributed by atoms with Gasteiger partial charge in [-0.25, -0.2) is 9.78 Å². The van der Waals surface area contributed by atoms with Gasteiger partial charge in [-0.05, 0) is 44.7 Å². The fourth-order valence-corrected chi connectivity index (χ4v) is 2.75. The van der Waals surface area contributed by atoms with E-state index in [4.69, 9.17) is 5.11 Å². The van der Waals surface area contributed by atoms with Gasteiger partial charge in [-0.1, -0.05) is 0 Å². The lowest BCUT2D eigenvalue weighted by atomic mass is 10.0. The van der Waals surface area contributed by atoms with Crippen LogP contribution in [0.5, 0.6) is 0 Å². The minimum atomic E-state index is -0.944. The normalized spacial score (nSPS) is 14.1. The van der Waals surface area contributed by atoms with Crippen LogP contribution in [0.25, 0.3) is 0 Å². The second kappa shape index (κ2) is 5.07. The molecule has 1 N–H and O–H groups in total. The average molecular weight is 271 g/mol. The zero-order valence-corrected chi connectivity index (χ0v) is 11.5. The molecule has 0 fully saturated rings. The van der Waals surface area contributed by atoms with Gasteiger partial charge >= 0.3 is 5.97 Å². The molecule has 0 amide bonds. The summed E-state index contributed by atoms with van der Waals surface area (Å²) in [6, 6.07) is 3.38. The number of nitrogens with zero attached hydrogens (tertiary/aromatic N) is 3. The fourth-order valence-electron chi connectivity index (χ4n) is 2.75. The number of carbonyl (C=O) groups is 1. The quantitative estimate of drug-likeness (QED) is 0.929. The molecular weight excluding hydrogens is 254 g/mol. The zero-order chi connectivity index (χ0) is 14.1. The highest BCUT2D eigenvalue weighted by molar-refractivity contribution is 5.87. The van der Waals surface area contributed by atoms with Gasteiger partial charge in [0.05, 0.1) is 23.5 Å². The monoisotopic (exact) mass is 271 g/mol. The summed E-state index contributed by atoms with van der Waals surface area (Å²) in [4.78, 5) is 19.7. The third kappa shape index (κ3) is 2.31. The van der Waals surface area contributed by atoms with Crippen molar-refractivity contribution in [3.8, 4) is 0 Å². The van der Waals surface area contributed by atoms with E-state index in [0.29, 0.717) is 6.54 Å². The largest absolute Gasteiger partial charge is 0.478 e. The summed E-state index contributed by atoms with van der Waals surface area (Å²) >= 11 is 0. The van der Waals surface area contributed by atoms with Crippen molar-refractivity contribution in [2.75, 3.05) is 0 Å². The van der Waals surface area contributed by atoms with Crippen LogP contribution < -0.4 is 0 Å². The van der Waals surface area contributed by atoms with Gasteiger partial charge in [0, 0.05) is 11.9 Å². The maximum absolute atomic E-state index is 10.8. The molecule has 2 heterocycles. The first-order valence-corrected chi connectivity index (χ1v) is 6.88. The second-order valence-electron chi connectivity index (χ2n) is 5.19. The highest BCUT2D eigenvalue weighted by Crippen LogP contribution is 2.22. The number of carboxylic acids is 1. The summed E-state index contributed by atoms with van der Waals surface area (Å²) < 4.78 is 2.21. The van der Waals surface area contributed by atoms with E-state index in [1.54, 1.807) is 12.1 Å². The smallest absolute Gasteiger partial charge is 0.337 e. The highest BCUT2D eigenvalue weighted by atomic mass is 16.4. The Hall–Kier alpha value is -2.17. The summed E-state index contributed by atoms with van der Waals surface area (Å²) in [6.45, 7) is 2.68. The van der Waals surface area contributed by atoms with E-state index in [-0.39, 0.29) is 5.56 Å². The van der Waals surface area contributed by atoms with Crippen molar-refractivity contribution in [2.24, 2.45) is 0 Å². The molecule has 0 aromatic carbocycles. The molecule has 2 aromatic rings. The number of hydrogen-bond acceptors (Lipinski definition) is 3. The maximum Gasteiger partial charge on any atom is 0.337 e. The molecule has 0 radical (unpaired) electrons. The topological polar surface area (TPSA) is 68.0 Å². The molecule has 0 atom stereocenters. The van der Waals surface area contributed by atoms with Crippen LogP contribution in [0.2, 0.25) is 0 Å². The van der Waals surface area contributed by atoms with Crippen LogP contribution in [0.4, 0.5) is 0 Å². The van der Waals surface area contributed by atoms with Crippen molar-refractivity contribution in [3.05, 3.63) is 46.8 Å². The summed E-state index contributed by atoms with van der Waals surface area (Å²) in [7, 11) is 0. The number of hydrogen-bond donors (Lipinski definition) is 1. The van der Waals surface area contributed by atoms with E-state index < -0.39 is 5.97 Å². The highest BCUT2D eigenvalue weighted by Gasteiger charge is 2.18. The molecule has 104 valence electrons. The van der Waals surface area contributed by atoms with Gasteiger partial charge in [0.25, 0.3) is 0 Å². The Morgan fingerprint density at radius 2 is 2.15 bits per heavy atom. The van der Waals surface area contributed by atoms with Crippen LogP contribution >= 0.6 is 0 Å². The molecule has 0 saturated carbocycles. The summed E-state index contributed by atoms with van der Waals surface area (Å²) in [5.74, 6) is 0.0706. The molecular formula is C15H17N3O2. The van der Waals surface area contributed by atoms with Crippen molar-refractivity contribution in [2.45, 2.75) is 39.2 Å². The molecule has 3 rings (SSSR count). The van der Waals surface area contributed by atoms with Crippen LogP contribution in [-0.4, -0.2) is 25.6 Å². The lowest BCUT2D eigenvalue weighted by molar-refractivity contribution is 0.0696. The van der Waals surface area contributed by atoms with E-state index in [9.17, 15) is 4.79 Å². The molecule has 5 nitrogen and oxygen atoms in total. The van der Waals surface area contributed by atoms with E-state index in [0.717, 1.165) is 24.4 Å². The number of aromatic nitrogens is 3. The number of aryl methyl sites for hydroxylation is 2. The third-order valence-corrected chi connectivity index (χ3v) is 3.82. The van der Waals surface area contributed by atoms with E-state index in [1.807, 2.05) is 6.92 Å². The molecule has 0 spiro atoms. The van der Waals surface area contributed by atoms with Gasteiger partial charge in [-0.15, -0.1) is 0 Å². The number of fused-ring (bicyclic) bond motifs is 1. The number of imidazole rings is 1. The molecule has 5 heteroatoms. The number of rotatable bonds is 3. The minimum Gasteiger partial charge on any atom is -0.478 e. The lowest BCUT2D eigenvalue weighted by Gasteiger charge is -2.14. The van der Waals surface area contributed by atoms with E-state index in [2.05, 4.69) is 14.5 Å².